The van der Waals surface area contributed by atoms with Crippen LogP contribution in [0, 0.1) is 0 Å². The zero-order valence-electron chi connectivity index (χ0n) is 15.6. The number of methoxy groups -OCH3 is 1. The molecule has 0 spiro atoms. The number of carbonyl (C=O) groups is 1. The molecule has 0 radical (unpaired) electrons. The molecule has 25 heavy (non-hydrogen) atoms. The van der Waals surface area contributed by atoms with E-state index in [4.69, 9.17) is 4.74 Å². The van der Waals surface area contributed by atoms with Crippen LogP contribution in [0.1, 0.15) is 35.3 Å². The normalized spacial score (nSPS) is 24.4. The number of ether oxygens (including phenoxy) is 1. The number of rotatable bonds is 6. The molecular formula is C19H30N4O2. The second-order valence-corrected chi connectivity index (χ2v) is 7.49. The van der Waals surface area contributed by atoms with E-state index >= 15 is 0 Å². The highest BCUT2D eigenvalue weighted by Crippen LogP contribution is 2.24. The summed E-state index contributed by atoms with van der Waals surface area (Å²) in [6, 6.07) is 4.09. The van der Waals surface area contributed by atoms with E-state index < -0.39 is 0 Å². The van der Waals surface area contributed by atoms with Gasteiger partial charge in [0.15, 0.2) is 0 Å². The minimum Gasteiger partial charge on any atom is -0.380 e. The summed E-state index contributed by atoms with van der Waals surface area (Å²) in [5, 5.41) is 0. The lowest BCUT2D eigenvalue weighted by Gasteiger charge is -2.28. The van der Waals surface area contributed by atoms with Gasteiger partial charge in [-0.25, -0.2) is 0 Å². The molecule has 2 atom stereocenters. The van der Waals surface area contributed by atoms with E-state index in [9.17, 15) is 4.79 Å². The van der Waals surface area contributed by atoms with Gasteiger partial charge in [0.2, 0.25) is 0 Å². The van der Waals surface area contributed by atoms with Crippen LogP contribution >= 0.6 is 0 Å². The summed E-state index contributed by atoms with van der Waals surface area (Å²) in [5.74, 6) is 0.0765. The SMILES string of the molecule is CO[C@H]1C[C@@H](CN2CCCC2)N(C(=O)c2ccc(CN(C)C)nc2)C1. The molecule has 6 heteroatoms. The van der Waals surface area contributed by atoms with Crippen LogP contribution < -0.4 is 0 Å². The van der Waals surface area contributed by atoms with Gasteiger partial charge in [-0.1, -0.05) is 0 Å². The Labute approximate surface area is 150 Å². The van der Waals surface area contributed by atoms with Crippen LogP contribution in [0.3, 0.4) is 0 Å². The third-order valence-corrected chi connectivity index (χ3v) is 5.19. The van der Waals surface area contributed by atoms with Crippen LogP contribution in [0.5, 0.6) is 0 Å². The van der Waals surface area contributed by atoms with Crippen molar-refractivity contribution in [1.82, 2.24) is 19.7 Å². The summed E-state index contributed by atoms with van der Waals surface area (Å²) in [7, 11) is 5.76. The van der Waals surface area contributed by atoms with Gasteiger partial charge in [-0.2, -0.15) is 0 Å². The molecule has 3 heterocycles. The van der Waals surface area contributed by atoms with Crippen molar-refractivity contribution in [1.29, 1.82) is 0 Å². The van der Waals surface area contributed by atoms with Gasteiger partial charge >= 0.3 is 0 Å². The first kappa shape index (κ1) is 18.3. The second-order valence-electron chi connectivity index (χ2n) is 7.49. The molecule has 1 amide bonds. The van der Waals surface area contributed by atoms with Gasteiger partial charge in [0.1, 0.15) is 0 Å². The maximum absolute atomic E-state index is 13.0. The highest BCUT2D eigenvalue weighted by molar-refractivity contribution is 5.94. The molecule has 6 nitrogen and oxygen atoms in total. The van der Waals surface area contributed by atoms with Crippen molar-refractivity contribution in [2.75, 3.05) is 47.4 Å². The average Bonchev–Trinajstić information content (AvgIpc) is 3.24. The Morgan fingerprint density at radius 2 is 2.08 bits per heavy atom. The topological polar surface area (TPSA) is 48.9 Å². The minimum atomic E-state index is 0.0765. The van der Waals surface area contributed by atoms with Crippen molar-refractivity contribution < 1.29 is 9.53 Å². The van der Waals surface area contributed by atoms with Crippen LogP contribution in [0.25, 0.3) is 0 Å². The number of likely N-dealkylation sites (tertiary alicyclic amines) is 2. The standard InChI is InChI=1S/C19H30N4O2/c1-21(2)12-16-7-6-15(11-20-16)19(24)23-14-18(25-3)10-17(23)13-22-8-4-5-9-22/h6-7,11,17-18H,4-5,8-10,12-14H2,1-3H3/t17-,18-/m0/s1. The van der Waals surface area contributed by atoms with Gasteiger partial charge in [0, 0.05) is 39.0 Å². The quantitative estimate of drug-likeness (QED) is 0.781. The third-order valence-electron chi connectivity index (χ3n) is 5.19. The van der Waals surface area contributed by atoms with E-state index in [1.165, 1.54) is 12.8 Å². The molecule has 138 valence electrons. The summed E-state index contributed by atoms with van der Waals surface area (Å²) in [6.45, 7) is 4.71. The zero-order valence-corrected chi connectivity index (χ0v) is 15.6. The predicted octanol–water partition coefficient (Wildman–Crippen LogP) is 1.47. The van der Waals surface area contributed by atoms with Gasteiger partial charge in [-0.05, 0) is 58.6 Å². The molecule has 0 bridgehead atoms. The van der Waals surface area contributed by atoms with Crippen molar-refractivity contribution in [3.05, 3.63) is 29.6 Å². The lowest BCUT2D eigenvalue weighted by atomic mass is 10.1. The summed E-state index contributed by atoms with van der Waals surface area (Å²) in [6.07, 6.45) is 5.31. The van der Waals surface area contributed by atoms with Gasteiger partial charge in [-0.3, -0.25) is 9.78 Å². The van der Waals surface area contributed by atoms with E-state index in [-0.39, 0.29) is 18.1 Å². The Hall–Kier alpha value is -1.50. The highest BCUT2D eigenvalue weighted by atomic mass is 16.5. The van der Waals surface area contributed by atoms with Gasteiger partial charge in [-0.15, -0.1) is 0 Å². The molecule has 0 N–H and O–H groups in total. The highest BCUT2D eigenvalue weighted by Gasteiger charge is 2.37. The van der Waals surface area contributed by atoms with Crippen LogP contribution in [0.4, 0.5) is 0 Å². The van der Waals surface area contributed by atoms with Crippen molar-refractivity contribution in [2.45, 2.75) is 38.0 Å². The number of amides is 1. The molecule has 0 saturated carbocycles. The zero-order chi connectivity index (χ0) is 17.8. The molecule has 0 unspecified atom stereocenters. The molecule has 2 fully saturated rings. The van der Waals surface area contributed by atoms with Crippen molar-refractivity contribution in [2.24, 2.45) is 0 Å². The molecule has 0 aliphatic carbocycles. The Morgan fingerprint density at radius 3 is 2.68 bits per heavy atom. The lowest BCUT2D eigenvalue weighted by Crippen LogP contribution is -2.42. The Morgan fingerprint density at radius 1 is 1.32 bits per heavy atom. The number of hydrogen-bond donors (Lipinski definition) is 0. The van der Waals surface area contributed by atoms with E-state index in [1.807, 2.05) is 31.1 Å². The van der Waals surface area contributed by atoms with Crippen molar-refractivity contribution in [3.8, 4) is 0 Å². The first-order valence-corrected chi connectivity index (χ1v) is 9.22. The molecule has 3 rings (SSSR count). The van der Waals surface area contributed by atoms with Gasteiger partial charge in [0.05, 0.1) is 17.4 Å². The Bertz CT molecular complexity index is 569. The van der Waals surface area contributed by atoms with Crippen molar-refractivity contribution >= 4 is 5.91 Å². The minimum absolute atomic E-state index is 0.0765. The van der Waals surface area contributed by atoms with Crippen LogP contribution in [-0.2, 0) is 11.3 Å². The van der Waals surface area contributed by atoms with E-state index in [2.05, 4.69) is 14.8 Å². The molecule has 2 aliphatic rings. The fourth-order valence-electron chi connectivity index (χ4n) is 3.86. The van der Waals surface area contributed by atoms with E-state index in [1.54, 1.807) is 13.3 Å². The number of nitrogens with zero attached hydrogens (tertiary/aromatic N) is 4. The number of hydrogen-bond acceptors (Lipinski definition) is 5. The third kappa shape index (κ3) is 4.57. The largest absolute Gasteiger partial charge is 0.380 e. The molecule has 2 saturated heterocycles. The summed E-state index contributed by atoms with van der Waals surface area (Å²) in [5.41, 5.74) is 1.65. The number of pyridine rings is 1. The average molecular weight is 346 g/mol. The smallest absolute Gasteiger partial charge is 0.255 e. The van der Waals surface area contributed by atoms with Gasteiger partial charge < -0.3 is 19.4 Å². The van der Waals surface area contributed by atoms with Crippen LogP contribution in [0.2, 0.25) is 0 Å². The van der Waals surface area contributed by atoms with E-state index in [0.29, 0.717) is 12.1 Å². The summed E-state index contributed by atoms with van der Waals surface area (Å²) >= 11 is 0. The molecule has 2 aliphatic heterocycles. The summed E-state index contributed by atoms with van der Waals surface area (Å²) in [4.78, 5) is 24.0. The lowest BCUT2D eigenvalue weighted by molar-refractivity contribution is 0.0669. The van der Waals surface area contributed by atoms with Crippen molar-refractivity contribution in [3.63, 3.8) is 0 Å². The second kappa shape index (κ2) is 8.25. The molecule has 1 aromatic heterocycles. The predicted molar refractivity (Wildman–Crippen MR) is 97.5 cm³/mol. The first-order valence-electron chi connectivity index (χ1n) is 9.22. The molecule has 1 aromatic rings. The van der Waals surface area contributed by atoms with Gasteiger partial charge in [0.25, 0.3) is 5.91 Å². The maximum atomic E-state index is 13.0. The molecule has 0 aromatic carbocycles. The summed E-state index contributed by atoms with van der Waals surface area (Å²) < 4.78 is 5.55. The monoisotopic (exact) mass is 346 g/mol. The molecular weight excluding hydrogens is 316 g/mol. The number of carbonyl (C=O) groups excluding carboxylic acids is 1. The Kier molecular flexibility index (Phi) is 6.04. The van der Waals surface area contributed by atoms with E-state index in [0.717, 1.165) is 38.3 Å². The van der Waals surface area contributed by atoms with Crippen LogP contribution in [0.15, 0.2) is 18.3 Å². The first-order chi connectivity index (χ1) is 12.1. The maximum Gasteiger partial charge on any atom is 0.255 e. The number of aromatic nitrogens is 1. The fraction of sp³-hybridized carbons (Fsp3) is 0.684. The fourth-order valence-corrected chi connectivity index (χ4v) is 3.86. The van der Waals surface area contributed by atoms with Crippen LogP contribution in [-0.4, -0.2) is 85.1 Å². The Balaban J connectivity index is 1.69.